The quantitative estimate of drug-likeness (QED) is 0.661. The Bertz CT molecular complexity index is 819. The maximum Gasteiger partial charge on any atom is 0.573 e. The van der Waals surface area contributed by atoms with Crippen LogP contribution >= 0.6 is 0 Å². The monoisotopic (exact) mass is 412 g/mol. The Morgan fingerprint density at radius 2 is 1.66 bits per heavy atom. The molecule has 0 radical (unpaired) electrons. The first kappa shape index (κ1) is 20.8. The summed E-state index contributed by atoms with van der Waals surface area (Å²) in [6.07, 6.45) is -1.99. The second kappa shape index (κ2) is 9.02. The summed E-state index contributed by atoms with van der Waals surface area (Å²) in [5.74, 6) is -0.137. The fraction of sp³-hybridized carbons (Fsp3) is 0.350. The Morgan fingerprint density at radius 3 is 2.31 bits per heavy atom. The van der Waals surface area contributed by atoms with E-state index in [0.717, 1.165) is 25.0 Å². The molecule has 0 aliphatic heterocycles. The predicted octanol–water partition coefficient (Wildman–Crippen LogP) is 5.24. The maximum absolute atomic E-state index is 12.9. The number of carbonyl (C=O) groups is 1. The van der Waals surface area contributed by atoms with Crippen LogP contribution in [0.25, 0.3) is 0 Å². The molecule has 1 fully saturated rings. The highest BCUT2D eigenvalue weighted by Gasteiger charge is 2.31. The minimum Gasteiger partial charge on any atom is -0.490 e. The molecule has 0 heterocycles. The second-order valence-corrected chi connectivity index (χ2v) is 6.72. The van der Waals surface area contributed by atoms with Gasteiger partial charge in [-0.2, -0.15) is 0 Å². The van der Waals surface area contributed by atoms with Gasteiger partial charge in [0.2, 0.25) is 0 Å². The van der Waals surface area contributed by atoms with Crippen molar-refractivity contribution < 1.29 is 31.8 Å². The molecule has 2 aromatic carbocycles. The molecule has 2 amide bonds. The molecular formula is C20H20F4N2O3. The lowest BCUT2D eigenvalue weighted by molar-refractivity contribution is -0.274. The van der Waals surface area contributed by atoms with Crippen LogP contribution in [0.4, 0.5) is 28.0 Å². The summed E-state index contributed by atoms with van der Waals surface area (Å²) in [5.41, 5.74) is 0.192. The number of amides is 2. The van der Waals surface area contributed by atoms with Crippen LogP contribution in [0.2, 0.25) is 0 Å². The molecule has 0 saturated heterocycles. The largest absolute Gasteiger partial charge is 0.573 e. The fourth-order valence-corrected chi connectivity index (χ4v) is 3.15. The van der Waals surface area contributed by atoms with Gasteiger partial charge < -0.3 is 20.1 Å². The first-order chi connectivity index (χ1) is 13.8. The van der Waals surface area contributed by atoms with Crippen molar-refractivity contribution in [1.29, 1.82) is 0 Å². The van der Waals surface area contributed by atoms with E-state index in [9.17, 15) is 22.4 Å². The second-order valence-electron chi connectivity index (χ2n) is 6.72. The van der Waals surface area contributed by atoms with E-state index in [1.807, 2.05) is 0 Å². The van der Waals surface area contributed by atoms with Crippen LogP contribution in [-0.4, -0.2) is 24.5 Å². The van der Waals surface area contributed by atoms with Crippen molar-refractivity contribution in [3.05, 3.63) is 54.3 Å². The summed E-state index contributed by atoms with van der Waals surface area (Å²) < 4.78 is 59.4. The summed E-state index contributed by atoms with van der Waals surface area (Å²) in [6.45, 7) is 0. The number of nitrogens with one attached hydrogen (secondary N) is 2. The normalized spacial score (nSPS) is 19.3. The Balaban J connectivity index is 1.44. The van der Waals surface area contributed by atoms with E-state index in [1.54, 1.807) is 12.1 Å². The smallest absolute Gasteiger partial charge is 0.490 e. The van der Waals surface area contributed by atoms with Crippen LogP contribution in [0.5, 0.6) is 11.5 Å². The molecule has 1 aliphatic carbocycles. The standard InChI is InChI=1S/C20H20F4N2O3/c21-13-4-8-16(9-5-13)28-17-10-6-14(7-11-17)25-19(27)26-15-2-1-3-18(12-15)29-20(22,23)24/h1-5,8-9,12,14,17H,6-7,10-11H2,(H2,25,26,27). The van der Waals surface area contributed by atoms with Crippen LogP contribution in [0, 0.1) is 5.82 Å². The van der Waals surface area contributed by atoms with E-state index >= 15 is 0 Å². The number of carbonyl (C=O) groups excluding carboxylic acids is 1. The summed E-state index contributed by atoms with van der Waals surface area (Å²) in [6, 6.07) is 10.3. The third kappa shape index (κ3) is 6.85. The Kier molecular flexibility index (Phi) is 6.46. The van der Waals surface area contributed by atoms with Gasteiger partial charge in [0.1, 0.15) is 17.3 Å². The van der Waals surface area contributed by atoms with Gasteiger partial charge in [-0.3, -0.25) is 0 Å². The molecule has 0 bridgehead atoms. The van der Waals surface area contributed by atoms with Gasteiger partial charge in [-0.1, -0.05) is 6.07 Å². The van der Waals surface area contributed by atoms with Crippen molar-refractivity contribution >= 4 is 11.7 Å². The minimum atomic E-state index is -4.80. The van der Waals surface area contributed by atoms with Crippen molar-refractivity contribution in [2.45, 2.75) is 44.2 Å². The average Bonchev–Trinajstić information content (AvgIpc) is 2.64. The molecule has 2 N–H and O–H groups in total. The van der Waals surface area contributed by atoms with Crippen molar-refractivity contribution in [2.24, 2.45) is 0 Å². The molecule has 0 aromatic heterocycles. The van der Waals surface area contributed by atoms with E-state index in [1.165, 1.54) is 24.3 Å². The van der Waals surface area contributed by atoms with Crippen LogP contribution in [0.3, 0.4) is 0 Å². The zero-order chi connectivity index (χ0) is 20.9. The maximum atomic E-state index is 12.9. The lowest BCUT2D eigenvalue weighted by atomic mass is 9.93. The van der Waals surface area contributed by atoms with Gasteiger partial charge >= 0.3 is 12.4 Å². The molecule has 29 heavy (non-hydrogen) atoms. The number of rotatable bonds is 5. The zero-order valence-corrected chi connectivity index (χ0v) is 15.3. The molecule has 2 aromatic rings. The SMILES string of the molecule is O=C(Nc1cccc(OC(F)(F)F)c1)NC1CCC(Oc2ccc(F)cc2)CC1. The molecule has 1 saturated carbocycles. The predicted molar refractivity (Wildman–Crippen MR) is 98.4 cm³/mol. The molecular weight excluding hydrogens is 392 g/mol. The number of halogens is 4. The van der Waals surface area contributed by atoms with E-state index < -0.39 is 18.1 Å². The van der Waals surface area contributed by atoms with Crippen molar-refractivity contribution in [3.63, 3.8) is 0 Å². The highest BCUT2D eigenvalue weighted by molar-refractivity contribution is 5.89. The molecule has 0 spiro atoms. The first-order valence-electron chi connectivity index (χ1n) is 9.12. The summed E-state index contributed by atoms with van der Waals surface area (Å²) in [4.78, 5) is 12.1. The molecule has 0 atom stereocenters. The molecule has 9 heteroatoms. The van der Waals surface area contributed by atoms with Gasteiger partial charge in [-0.25, -0.2) is 9.18 Å². The van der Waals surface area contributed by atoms with Crippen LogP contribution in [-0.2, 0) is 0 Å². The lowest BCUT2D eigenvalue weighted by Gasteiger charge is -2.29. The van der Waals surface area contributed by atoms with E-state index in [4.69, 9.17) is 4.74 Å². The topological polar surface area (TPSA) is 59.6 Å². The summed E-state index contributed by atoms with van der Waals surface area (Å²) in [7, 11) is 0. The highest BCUT2D eigenvalue weighted by atomic mass is 19.4. The first-order valence-corrected chi connectivity index (χ1v) is 9.12. The van der Waals surface area contributed by atoms with Crippen molar-refractivity contribution in [1.82, 2.24) is 5.32 Å². The third-order valence-corrected chi connectivity index (χ3v) is 4.45. The number of ether oxygens (including phenoxy) is 2. The minimum absolute atomic E-state index is 0.0160. The summed E-state index contributed by atoms with van der Waals surface area (Å²) >= 11 is 0. The number of alkyl halides is 3. The molecule has 5 nitrogen and oxygen atoms in total. The summed E-state index contributed by atoms with van der Waals surface area (Å²) in [5, 5.41) is 5.32. The Morgan fingerprint density at radius 1 is 0.966 bits per heavy atom. The molecule has 1 aliphatic rings. The highest BCUT2D eigenvalue weighted by Crippen LogP contribution is 2.26. The van der Waals surface area contributed by atoms with Gasteiger partial charge in [-0.15, -0.1) is 13.2 Å². The fourth-order valence-electron chi connectivity index (χ4n) is 3.15. The lowest BCUT2D eigenvalue weighted by Crippen LogP contribution is -2.41. The third-order valence-electron chi connectivity index (χ3n) is 4.45. The number of urea groups is 1. The molecule has 3 rings (SSSR count). The van der Waals surface area contributed by atoms with E-state index in [0.29, 0.717) is 18.6 Å². The van der Waals surface area contributed by atoms with Crippen LogP contribution < -0.4 is 20.1 Å². The van der Waals surface area contributed by atoms with E-state index in [-0.39, 0.29) is 23.7 Å². The number of hydrogen-bond acceptors (Lipinski definition) is 3. The zero-order valence-electron chi connectivity index (χ0n) is 15.3. The average molecular weight is 412 g/mol. The van der Waals surface area contributed by atoms with Gasteiger partial charge in [0.25, 0.3) is 0 Å². The Hall–Kier alpha value is -2.97. The van der Waals surface area contributed by atoms with Crippen molar-refractivity contribution in [3.8, 4) is 11.5 Å². The Labute approximate surface area is 165 Å². The number of hydrogen-bond donors (Lipinski definition) is 2. The molecule has 0 unspecified atom stereocenters. The van der Waals surface area contributed by atoms with Gasteiger partial charge in [0, 0.05) is 17.8 Å². The van der Waals surface area contributed by atoms with Gasteiger partial charge in [0.15, 0.2) is 0 Å². The van der Waals surface area contributed by atoms with Crippen molar-refractivity contribution in [2.75, 3.05) is 5.32 Å². The van der Waals surface area contributed by atoms with Gasteiger partial charge in [0.05, 0.1) is 6.10 Å². The van der Waals surface area contributed by atoms with Gasteiger partial charge in [-0.05, 0) is 62.1 Å². The van der Waals surface area contributed by atoms with Crippen LogP contribution in [0.15, 0.2) is 48.5 Å². The van der Waals surface area contributed by atoms with E-state index in [2.05, 4.69) is 15.4 Å². The number of benzene rings is 2. The molecule has 156 valence electrons. The van der Waals surface area contributed by atoms with Crippen LogP contribution in [0.1, 0.15) is 25.7 Å². The number of anilines is 1.